The molecule has 0 aliphatic carbocycles. The van der Waals surface area contributed by atoms with E-state index in [0.717, 1.165) is 17.1 Å². The average Bonchev–Trinajstić information content (AvgIpc) is 2.86. The molecule has 0 saturated carbocycles. The van der Waals surface area contributed by atoms with Gasteiger partial charge >= 0.3 is 0 Å². The Labute approximate surface area is 164 Å². The van der Waals surface area contributed by atoms with Crippen molar-refractivity contribution in [3.8, 4) is 0 Å². The van der Waals surface area contributed by atoms with Gasteiger partial charge in [-0.05, 0) is 73.4 Å². The second kappa shape index (κ2) is 7.83. The summed E-state index contributed by atoms with van der Waals surface area (Å²) in [6, 6.07) is 6.24. The summed E-state index contributed by atoms with van der Waals surface area (Å²) in [5.41, 5.74) is 4.18. The van der Waals surface area contributed by atoms with Gasteiger partial charge in [-0.15, -0.1) is 12.4 Å². The number of aryl methyl sites for hydroxylation is 2. The maximum absolute atomic E-state index is 4.91. The maximum Gasteiger partial charge on any atom is 0.212 e. The van der Waals surface area contributed by atoms with E-state index in [1.165, 1.54) is 11.1 Å². The number of nitrogens with zero attached hydrogens (tertiary/aromatic N) is 4. The van der Waals surface area contributed by atoms with Gasteiger partial charge in [-0.3, -0.25) is 0 Å². The molecule has 0 saturated heterocycles. The van der Waals surface area contributed by atoms with E-state index in [0.29, 0.717) is 0 Å². The number of hydrogen-bond acceptors (Lipinski definition) is 1. The summed E-state index contributed by atoms with van der Waals surface area (Å²) >= 11 is 0. The highest BCUT2D eigenvalue weighted by Crippen LogP contribution is 2.23. The molecule has 2 aromatic rings. The number of aromatic nitrogens is 2. The van der Waals surface area contributed by atoms with Crippen molar-refractivity contribution in [2.24, 2.45) is 9.98 Å². The molecule has 5 heteroatoms. The number of aliphatic imine (C=N–C) groups is 1. The number of imidazole rings is 1. The normalized spacial score (nSPS) is 12.7. The van der Waals surface area contributed by atoms with E-state index in [1.807, 2.05) is 6.92 Å². The van der Waals surface area contributed by atoms with Gasteiger partial charge in [0.25, 0.3) is 0 Å². The Hall–Kier alpha value is -1.81. The SMILES string of the molecule is CC(=Nc1c(C)cccc1C)N=c1n(C(C)(C)C)ccn1C(C)(C)C.Cl. The number of para-hydroxylation sites is 1. The van der Waals surface area contributed by atoms with E-state index in [4.69, 9.17) is 9.98 Å². The highest BCUT2D eigenvalue weighted by molar-refractivity contribution is 5.85. The average molecular weight is 377 g/mol. The number of benzene rings is 1. The zero-order valence-corrected chi connectivity index (χ0v) is 18.4. The summed E-state index contributed by atoms with van der Waals surface area (Å²) in [5, 5.41) is 0. The van der Waals surface area contributed by atoms with Gasteiger partial charge in [-0.2, -0.15) is 4.99 Å². The summed E-state index contributed by atoms with van der Waals surface area (Å²) in [4.78, 5) is 9.71. The van der Waals surface area contributed by atoms with Crippen molar-refractivity contribution in [3.05, 3.63) is 47.3 Å². The van der Waals surface area contributed by atoms with Crippen LogP contribution in [-0.2, 0) is 11.1 Å². The molecule has 0 N–H and O–H groups in total. The summed E-state index contributed by atoms with van der Waals surface area (Å²) in [5.74, 6) is 0.764. The summed E-state index contributed by atoms with van der Waals surface area (Å²) in [6.45, 7) is 19.3. The highest BCUT2D eigenvalue weighted by atomic mass is 35.5. The topological polar surface area (TPSA) is 34.6 Å². The molecule has 144 valence electrons. The third-order valence-corrected chi connectivity index (χ3v) is 4.22. The minimum atomic E-state index is -0.0474. The predicted molar refractivity (Wildman–Crippen MR) is 114 cm³/mol. The first-order chi connectivity index (χ1) is 11.4. The Balaban J connectivity index is 0.00000338. The molecule has 0 fully saturated rings. The third-order valence-electron chi connectivity index (χ3n) is 4.22. The monoisotopic (exact) mass is 376 g/mol. The summed E-state index contributed by atoms with van der Waals surface area (Å²) < 4.78 is 4.42. The Kier molecular flexibility index (Phi) is 6.69. The molecule has 0 unspecified atom stereocenters. The van der Waals surface area contributed by atoms with Crippen LogP contribution in [0.5, 0.6) is 0 Å². The quantitative estimate of drug-likeness (QED) is 0.466. The van der Waals surface area contributed by atoms with E-state index in [1.54, 1.807) is 0 Å². The minimum Gasteiger partial charge on any atom is -0.312 e. The number of hydrogen-bond donors (Lipinski definition) is 0. The van der Waals surface area contributed by atoms with Crippen molar-refractivity contribution in [1.82, 2.24) is 9.13 Å². The van der Waals surface area contributed by atoms with Gasteiger partial charge in [0.15, 0.2) is 0 Å². The lowest BCUT2D eigenvalue weighted by Gasteiger charge is -2.24. The van der Waals surface area contributed by atoms with E-state index in [2.05, 4.69) is 95.1 Å². The fraction of sp³-hybridized carbons (Fsp3) is 0.524. The number of rotatable bonds is 1. The van der Waals surface area contributed by atoms with Crippen molar-refractivity contribution in [1.29, 1.82) is 0 Å². The van der Waals surface area contributed by atoms with Crippen molar-refractivity contribution in [3.63, 3.8) is 0 Å². The highest BCUT2D eigenvalue weighted by Gasteiger charge is 2.21. The second-order valence-electron chi connectivity index (χ2n) is 8.69. The first kappa shape index (κ1) is 22.2. The fourth-order valence-corrected chi connectivity index (χ4v) is 2.85. The second-order valence-corrected chi connectivity index (χ2v) is 8.69. The standard InChI is InChI=1S/C21H32N4.ClH/c1-15-11-10-12-16(2)18(15)22-17(3)23-19-24(20(4,5)6)13-14-25(19)21(7,8)9;/h10-14H,1-9H3;1H. The third kappa shape index (κ3) is 4.88. The predicted octanol–water partition coefficient (Wildman–Crippen LogP) is 5.49. The van der Waals surface area contributed by atoms with E-state index < -0.39 is 0 Å². The van der Waals surface area contributed by atoms with Gasteiger partial charge in [0.05, 0.1) is 5.69 Å². The van der Waals surface area contributed by atoms with Crippen LogP contribution in [0.4, 0.5) is 5.69 Å². The van der Waals surface area contributed by atoms with Crippen LogP contribution in [0.3, 0.4) is 0 Å². The first-order valence-electron chi connectivity index (χ1n) is 8.88. The summed E-state index contributed by atoms with van der Waals surface area (Å²) in [7, 11) is 0. The first-order valence-corrected chi connectivity index (χ1v) is 8.88. The van der Waals surface area contributed by atoms with Crippen molar-refractivity contribution >= 4 is 23.9 Å². The lowest BCUT2D eigenvalue weighted by Crippen LogP contribution is -2.41. The largest absolute Gasteiger partial charge is 0.312 e. The molecule has 2 rings (SSSR count). The van der Waals surface area contributed by atoms with Crippen LogP contribution in [0.1, 0.15) is 59.6 Å². The Morgan fingerprint density at radius 3 is 1.65 bits per heavy atom. The lowest BCUT2D eigenvalue weighted by atomic mass is 10.1. The molecular weight excluding hydrogens is 344 g/mol. The molecule has 0 atom stereocenters. The molecule has 1 aromatic heterocycles. The van der Waals surface area contributed by atoms with Crippen LogP contribution in [0.15, 0.2) is 40.6 Å². The van der Waals surface area contributed by atoms with Gasteiger partial charge in [-0.25, -0.2) is 4.99 Å². The van der Waals surface area contributed by atoms with Crippen LogP contribution >= 0.6 is 12.4 Å². The van der Waals surface area contributed by atoms with Gasteiger partial charge < -0.3 is 9.13 Å². The van der Waals surface area contributed by atoms with Crippen LogP contribution in [0.25, 0.3) is 0 Å². The van der Waals surface area contributed by atoms with Gasteiger partial charge in [0.1, 0.15) is 5.84 Å². The van der Waals surface area contributed by atoms with Gasteiger partial charge in [0, 0.05) is 23.5 Å². The lowest BCUT2D eigenvalue weighted by molar-refractivity contribution is 0.337. The molecule has 0 bridgehead atoms. The molecule has 26 heavy (non-hydrogen) atoms. The molecule has 0 spiro atoms. The molecule has 1 aromatic carbocycles. The zero-order valence-electron chi connectivity index (χ0n) is 17.6. The van der Waals surface area contributed by atoms with Crippen LogP contribution in [-0.4, -0.2) is 15.0 Å². The maximum atomic E-state index is 4.91. The van der Waals surface area contributed by atoms with Crippen molar-refractivity contribution in [2.75, 3.05) is 0 Å². The molecule has 0 radical (unpaired) electrons. The van der Waals surface area contributed by atoms with Crippen LogP contribution < -0.4 is 5.62 Å². The van der Waals surface area contributed by atoms with E-state index in [9.17, 15) is 0 Å². The van der Waals surface area contributed by atoms with Crippen LogP contribution in [0, 0.1) is 13.8 Å². The van der Waals surface area contributed by atoms with Gasteiger partial charge in [0.2, 0.25) is 5.62 Å². The Morgan fingerprint density at radius 2 is 1.27 bits per heavy atom. The molecular formula is C21H33ClN4. The Morgan fingerprint density at radius 1 is 0.846 bits per heavy atom. The zero-order chi connectivity index (χ0) is 19.0. The van der Waals surface area contributed by atoms with E-state index >= 15 is 0 Å². The number of halogens is 1. The van der Waals surface area contributed by atoms with E-state index in [-0.39, 0.29) is 23.5 Å². The van der Waals surface area contributed by atoms with Gasteiger partial charge in [-0.1, -0.05) is 18.2 Å². The van der Waals surface area contributed by atoms with Crippen LogP contribution in [0.2, 0.25) is 0 Å². The molecule has 0 amide bonds. The van der Waals surface area contributed by atoms with Crippen molar-refractivity contribution in [2.45, 2.75) is 73.4 Å². The Bertz CT molecular complexity index is 801. The summed E-state index contributed by atoms with van der Waals surface area (Å²) in [6.07, 6.45) is 4.22. The number of amidine groups is 1. The molecule has 0 aliphatic heterocycles. The molecule has 4 nitrogen and oxygen atoms in total. The van der Waals surface area contributed by atoms with Crippen molar-refractivity contribution < 1.29 is 0 Å². The minimum absolute atomic E-state index is 0. The molecule has 0 aliphatic rings. The smallest absolute Gasteiger partial charge is 0.212 e. The fourth-order valence-electron chi connectivity index (χ4n) is 2.85. The molecule has 1 heterocycles.